The van der Waals surface area contributed by atoms with Crippen molar-refractivity contribution in [3.63, 3.8) is 0 Å². The summed E-state index contributed by atoms with van der Waals surface area (Å²) in [6, 6.07) is 7.48. The third-order valence-corrected chi connectivity index (χ3v) is 8.32. The fourth-order valence-electron chi connectivity index (χ4n) is 3.84. The number of hydrogen-bond donors (Lipinski definition) is 0. The lowest BCUT2D eigenvalue weighted by atomic mass is 10.0. The highest BCUT2D eigenvalue weighted by Crippen LogP contribution is 2.19. The normalized spacial score (nSPS) is 12.4. The zero-order valence-electron chi connectivity index (χ0n) is 20.3. The molecule has 0 heterocycles. The van der Waals surface area contributed by atoms with Crippen molar-refractivity contribution in [1.29, 1.82) is 0 Å². The van der Waals surface area contributed by atoms with E-state index in [1.807, 2.05) is 12.1 Å². The smallest absolute Gasteiger partial charge is 0.222 e. The van der Waals surface area contributed by atoms with E-state index in [2.05, 4.69) is 6.92 Å². The van der Waals surface area contributed by atoms with Gasteiger partial charge in [0.15, 0.2) is 0 Å². The van der Waals surface area contributed by atoms with Crippen LogP contribution >= 0.6 is 0 Å². The van der Waals surface area contributed by atoms with Crippen LogP contribution in [0.25, 0.3) is 0 Å². The molecule has 0 aliphatic carbocycles. The van der Waals surface area contributed by atoms with Gasteiger partial charge in [0.1, 0.15) is 4.90 Å². The Morgan fingerprint density at radius 3 is 1.33 bits per heavy atom. The van der Waals surface area contributed by atoms with Crippen molar-refractivity contribution in [3.05, 3.63) is 29.8 Å². The van der Waals surface area contributed by atoms with Gasteiger partial charge in [-0.1, -0.05) is 109 Å². The van der Waals surface area contributed by atoms with Crippen LogP contribution in [0.2, 0.25) is 0 Å². The van der Waals surface area contributed by atoms with Crippen molar-refractivity contribution in [3.8, 4) is 0 Å². The van der Waals surface area contributed by atoms with Gasteiger partial charge >= 0.3 is 10.0 Å². The largest absolute Gasteiger partial charge is 0.326 e. The average molecular weight is 439 g/mol. The molecular formula is C26H48NO2S+. The highest BCUT2D eigenvalue weighted by atomic mass is 32.2. The molecule has 0 saturated carbocycles. The van der Waals surface area contributed by atoms with Crippen LogP contribution in [0.4, 0.5) is 0 Å². The van der Waals surface area contributed by atoms with Crippen LogP contribution < -0.4 is 0 Å². The highest BCUT2D eigenvalue weighted by molar-refractivity contribution is 7.85. The molecule has 1 aromatic carbocycles. The van der Waals surface area contributed by atoms with Gasteiger partial charge in [-0.05, 0) is 30.5 Å². The zero-order valence-corrected chi connectivity index (χ0v) is 21.1. The van der Waals surface area contributed by atoms with Crippen LogP contribution in [0.3, 0.4) is 0 Å². The van der Waals surface area contributed by atoms with E-state index in [4.69, 9.17) is 0 Å². The molecule has 0 unspecified atom stereocenters. The van der Waals surface area contributed by atoms with Crippen LogP contribution in [0.1, 0.15) is 109 Å². The van der Waals surface area contributed by atoms with Crippen molar-refractivity contribution in [2.45, 2.75) is 115 Å². The third-order valence-electron chi connectivity index (χ3n) is 6.01. The van der Waals surface area contributed by atoms with E-state index < -0.39 is 10.0 Å². The van der Waals surface area contributed by atoms with Gasteiger partial charge in [0.25, 0.3) is 0 Å². The molecule has 1 rings (SSSR count). The van der Waals surface area contributed by atoms with Crippen LogP contribution in [-0.4, -0.2) is 33.4 Å². The van der Waals surface area contributed by atoms with Gasteiger partial charge in [-0.25, -0.2) is 3.89 Å². The summed E-state index contributed by atoms with van der Waals surface area (Å²) in [4.78, 5) is 0.412. The predicted molar refractivity (Wildman–Crippen MR) is 130 cm³/mol. The topological polar surface area (TPSA) is 34.1 Å². The molecule has 174 valence electrons. The standard InChI is InChI=1S/C26H48NO2S/c1-5-6-7-8-9-10-11-12-13-14-15-16-17-18-19-20-25-21-23-26(24-22-25)30(28,29)27(2,3)4/h21-24H,5-20H2,1-4H3/q+1. The number of nitrogens with zero attached hydrogens (tertiary/aromatic N) is 1. The van der Waals surface area contributed by atoms with Crippen LogP contribution in [0, 0.1) is 0 Å². The van der Waals surface area contributed by atoms with Crippen LogP contribution in [0.15, 0.2) is 29.2 Å². The highest BCUT2D eigenvalue weighted by Gasteiger charge is 2.29. The minimum absolute atomic E-state index is 0.0780. The Balaban J connectivity index is 2.01. The molecule has 0 saturated heterocycles. The van der Waals surface area contributed by atoms with Gasteiger partial charge in [0.2, 0.25) is 0 Å². The van der Waals surface area contributed by atoms with Crippen molar-refractivity contribution >= 4 is 10.0 Å². The first-order valence-electron chi connectivity index (χ1n) is 12.4. The first-order valence-corrected chi connectivity index (χ1v) is 13.9. The molecule has 30 heavy (non-hydrogen) atoms. The second-order valence-electron chi connectivity index (χ2n) is 9.71. The van der Waals surface area contributed by atoms with E-state index in [0.29, 0.717) is 4.90 Å². The summed E-state index contributed by atoms with van der Waals surface area (Å²) in [5, 5.41) is 0. The quantitative estimate of drug-likeness (QED) is 0.176. The molecule has 1 aromatic rings. The molecule has 0 radical (unpaired) electrons. The first-order chi connectivity index (χ1) is 14.3. The minimum Gasteiger partial charge on any atom is -0.222 e. The molecule has 0 atom stereocenters. The summed E-state index contributed by atoms with van der Waals surface area (Å²) in [6.45, 7) is 2.28. The minimum atomic E-state index is -3.31. The zero-order chi connectivity index (χ0) is 22.3. The molecular weight excluding hydrogens is 390 g/mol. The maximum absolute atomic E-state index is 12.4. The van der Waals surface area contributed by atoms with E-state index in [1.54, 1.807) is 33.3 Å². The lowest BCUT2D eigenvalue weighted by Gasteiger charge is -2.22. The summed E-state index contributed by atoms with van der Waals surface area (Å²) in [6.07, 6.45) is 21.7. The Labute approximate surface area is 187 Å². The van der Waals surface area contributed by atoms with E-state index >= 15 is 0 Å². The molecule has 0 bridgehead atoms. The molecule has 0 aliphatic rings. The second-order valence-corrected chi connectivity index (χ2v) is 12.2. The molecule has 3 nitrogen and oxygen atoms in total. The van der Waals surface area contributed by atoms with Gasteiger partial charge < -0.3 is 0 Å². The Kier molecular flexibility index (Phi) is 13.6. The molecule has 0 aromatic heterocycles. The number of aryl methyl sites for hydroxylation is 1. The number of quaternary nitrogens is 1. The van der Waals surface area contributed by atoms with Crippen molar-refractivity contribution < 1.29 is 12.3 Å². The molecule has 0 spiro atoms. The van der Waals surface area contributed by atoms with E-state index in [1.165, 1.54) is 102 Å². The molecule has 4 heteroatoms. The van der Waals surface area contributed by atoms with Gasteiger partial charge in [-0.15, -0.1) is 0 Å². The van der Waals surface area contributed by atoms with E-state index in [9.17, 15) is 8.42 Å². The maximum Gasteiger partial charge on any atom is 0.326 e. The Morgan fingerprint density at radius 2 is 0.967 bits per heavy atom. The third kappa shape index (κ3) is 10.9. The van der Waals surface area contributed by atoms with Crippen LogP contribution in [0.5, 0.6) is 0 Å². The first kappa shape index (κ1) is 27.2. The van der Waals surface area contributed by atoms with Crippen molar-refractivity contribution in [1.82, 2.24) is 0 Å². The number of unbranched alkanes of at least 4 members (excludes halogenated alkanes) is 14. The van der Waals surface area contributed by atoms with E-state index in [0.717, 1.165) is 6.42 Å². The SMILES string of the molecule is CCCCCCCCCCCCCCCCCc1ccc(S(=O)(=O)[N+](C)(C)C)cc1. The van der Waals surface area contributed by atoms with Gasteiger partial charge in [-0.3, -0.25) is 0 Å². The average Bonchev–Trinajstić information content (AvgIpc) is 2.70. The summed E-state index contributed by atoms with van der Waals surface area (Å²) < 4.78 is 24.8. The maximum atomic E-state index is 12.4. The van der Waals surface area contributed by atoms with E-state index in [-0.39, 0.29) is 3.89 Å². The Morgan fingerprint density at radius 1 is 0.600 bits per heavy atom. The predicted octanol–water partition coefficient (Wildman–Crippen LogP) is 7.50. The summed E-state index contributed by atoms with van der Waals surface area (Å²) in [5.41, 5.74) is 1.24. The van der Waals surface area contributed by atoms with Gasteiger partial charge in [-0.2, -0.15) is 8.42 Å². The van der Waals surface area contributed by atoms with Gasteiger partial charge in [0.05, 0.1) is 21.1 Å². The number of benzene rings is 1. The summed E-state index contributed by atoms with van der Waals surface area (Å²) in [7, 11) is 1.77. The Bertz CT molecular complexity index is 645. The lowest BCUT2D eigenvalue weighted by Crippen LogP contribution is -2.40. The fraction of sp³-hybridized carbons (Fsp3) is 0.769. The van der Waals surface area contributed by atoms with Crippen molar-refractivity contribution in [2.75, 3.05) is 21.1 Å². The molecule has 0 aliphatic heterocycles. The number of sulfonamides is 1. The Hall–Kier alpha value is -0.870. The summed E-state index contributed by atoms with van der Waals surface area (Å²) >= 11 is 0. The monoisotopic (exact) mass is 438 g/mol. The second kappa shape index (κ2) is 15.0. The number of hydrogen-bond acceptors (Lipinski definition) is 2. The van der Waals surface area contributed by atoms with Crippen molar-refractivity contribution in [2.24, 2.45) is 0 Å². The fourth-order valence-corrected chi connectivity index (χ4v) is 4.96. The number of rotatable bonds is 18. The molecule has 0 N–H and O–H groups in total. The van der Waals surface area contributed by atoms with Gasteiger partial charge in [0, 0.05) is 0 Å². The summed E-state index contributed by atoms with van der Waals surface area (Å²) in [5.74, 6) is 0. The van der Waals surface area contributed by atoms with Crippen LogP contribution in [-0.2, 0) is 16.4 Å². The molecule has 0 amide bonds. The molecule has 0 fully saturated rings. The lowest BCUT2D eigenvalue weighted by molar-refractivity contribution is -0.739.